The Labute approximate surface area is 319 Å². The van der Waals surface area contributed by atoms with Gasteiger partial charge in [-0.2, -0.15) is 18.3 Å². The van der Waals surface area contributed by atoms with Crippen molar-refractivity contribution < 1.29 is 45.2 Å². The number of nitrogens with zero attached hydrogens (tertiary/aromatic N) is 6. The fraction of sp³-hybridized carbons (Fsp3) is 0.351. The van der Waals surface area contributed by atoms with Gasteiger partial charge in [-0.3, -0.25) is 24.9 Å². The van der Waals surface area contributed by atoms with Gasteiger partial charge in [-0.25, -0.2) is 32.9 Å². The van der Waals surface area contributed by atoms with Crippen LogP contribution in [0.5, 0.6) is 0 Å². The van der Waals surface area contributed by atoms with E-state index in [0.717, 1.165) is 18.7 Å². The third-order valence-corrected chi connectivity index (χ3v) is 10.0. The molecule has 20 heteroatoms. The normalized spacial score (nSPS) is 17.4. The van der Waals surface area contributed by atoms with Gasteiger partial charge in [0.1, 0.15) is 34.4 Å². The Kier molecular flexibility index (Phi) is 10.6. The summed E-state index contributed by atoms with van der Waals surface area (Å²) in [5.41, 5.74) is -0.839. The van der Waals surface area contributed by atoms with Gasteiger partial charge in [0.25, 0.3) is 5.91 Å². The maximum Gasteiger partial charge on any atom is 0.401 e. The molecule has 7 rings (SSSR count). The zero-order chi connectivity index (χ0) is 40.6. The van der Waals surface area contributed by atoms with E-state index in [2.05, 4.69) is 46.3 Å². The molecule has 2 aliphatic rings. The molecule has 1 saturated carbocycles. The second-order valence-electron chi connectivity index (χ2n) is 14.4. The summed E-state index contributed by atoms with van der Waals surface area (Å²) in [5.74, 6) is -3.87. The number of benzene rings is 2. The first kappa shape index (κ1) is 39.1. The van der Waals surface area contributed by atoms with Crippen molar-refractivity contribution >= 4 is 23.5 Å². The standard InChI is InChI=1S/C37H34F6N10O4/c1-36(2,37(41,42)43)34-48-29(50-51-34)17-47-33(55)28-12-27(52-57-28)32-45-15-22(16-46-32)23-4-3-18(9-24(23)38)13-44-14-19-7-20(8-19)21-10-25(39)31(26(40)11-21)53-6-5-30(54)49-35(53)56/h3-4,9-12,15-16,19-20,44H,5-8,13-14,17H2,1-2H3,(H,47,55)(H,48,50,51)(H,49,54,56). The lowest BCUT2D eigenvalue weighted by Crippen LogP contribution is -2.50. The molecule has 1 saturated heterocycles. The lowest BCUT2D eigenvalue weighted by atomic mass is 9.71. The number of anilines is 1. The maximum absolute atomic E-state index is 15.2. The van der Waals surface area contributed by atoms with Crippen molar-refractivity contribution in [3.05, 3.63) is 94.8 Å². The molecule has 0 bridgehead atoms. The minimum absolute atomic E-state index is 0.00161. The molecule has 4 heterocycles. The molecule has 298 valence electrons. The van der Waals surface area contributed by atoms with Crippen molar-refractivity contribution in [3.8, 4) is 22.6 Å². The third kappa shape index (κ3) is 8.21. The number of nitrogens with one attached hydrogen (secondary N) is 4. The Morgan fingerprint density at radius 3 is 2.37 bits per heavy atom. The summed E-state index contributed by atoms with van der Waals surface area (Å²) in [6.07, 6.45) is -0.468. The molecule has 14 nitrogen and oxygen atoms in total. The molecule has 0 unspecified atom stereocenters. The molecule has 4 N–H and O–H groups in total. The number of urea groups is 1. The van der Waals surface area contributed by atoms with E-state index in [-0.39, 0.29) is 60.0 Å². The monoisotopic (exact) mass is 796 g/mol. The van der Waals surface area contributed by atoms with Crippen LogP contribution in [-0.2, 0) is 23.3 Å². The van der Waals surface area contributed by atoms with Crippen LogP contribution in [0, 0.1) is 23.4 Å². The third-order valence-electron chi connectivity index (χ3n) is 10.0. The van der Waals surface area contributed by atoms with E-state index in [1.54, 1.807) is 12.1 Å². The van der Waals surface area contributed by atoms with Crippen molar-refractivity contribution in [3.63, 3.8) is 0 Å². The summed E-state index contributed by atoms with van der Waals surface area (Å²) in [5, 5.41) is 17.6. The van der Waals surface area contributed by atoms with Gasteiger partial charge in [0.05, 0.1) is 6.54 Å². The van der Waals surface area contributed by atoms with Gasteiger partial charge in [-0.05, 0) is 74.4 Å². The summed E-state index contributed by atoms with van der Waals surface area (Å²) in [4.78, 5) is 49.2. The van der Waals surface area contributed by atoms with Crippen molar-refractivity contribution in [2.24, 2.45) is 5.92 Å². The summed E-state index contributed by atoms with van der Waals surface area (Å²) in [6, 6.07) is 7.64. The summed E-state index contributed by atoms with van der Waals surface area (Å²) < 4.78 is 90.0. The smallest absolute Gasteiger partial charge is 0.350 e. The summed E-state index contributed by atoms with van der Waals surface area (Å²) >= 11 is 0. The SMILES string of the molecule is CC(C)(c1n[nH]c(CNC(=O)c2cc(-c3ncc(-c4ccc(CNCC5CC(c6cc(F)c(N7CCC(=O)NC7=O)c(F)c6)C5)cc4F)cn3)no2)n1)C(F)(F)F. The quantitative estimate of drug-likeness (QED) is 0.112. The lowest BCUT2D eigenvalue weighted by molar-refractivity contribution is -0.182. The largest absolute Gasteiger partial charge is 0.401 e. The summed E-state index contributed by atoms with van der Waals surface area (Å²) in [6.45, 7) is 2.50. The van der Waals surface area contributed by atoms with Crippen LogP contribution in [0.15, 0.2) is 53.3 Å². The van der Waals surface area contributed by atoms with E-state index in [1.807, 2.05) is 0 Å². The number of rotatable bonds is 12. The highest BCUT2D eigenvalue weighted by Crippen LogP contribution is 2.43. The Hall–Kier alpha value is -6.18. The summed E-state index contributed by atoms with van der Waals surface area (Å²) in [7, 11) is 0. The molecule has 1 aliphatic heterocycles. The Balaban J connectivity index is 0.875. The van der Waals surface area contributed by atoms with Crippen LogP contribution in [0.4, 0.5) is 36.8 Å². The highest BCUT2D eigenvalue weighted by atomic mass is 19.4. The minimum Gasteiger partial charge on any atom is -0.350 e. The number of amides is 4. The molecule has 3 aromatic heterocycles. The average Bonchev–Trinajstić information content (AvgIpc) is 3.83. The van der Waals surface area contributed by atoms with E-state index in [4.69, 9.17) is 4.52 Å². The zero-order valence-electron chi connectivity index (χ0n) is 30.3. The van der Waals surface area contributed by atoms with E-state index < -0.39 is 58.4 Å². The first-order valence-electron chi connectivity index (χ1n) is 17.7. The molecule has 57 heavy (non-hydrogen) atoms. The molecular formula is C37H34F6N10O4. The van der Waals surface area contributed by atoms with Crippen LogP contribution in [0.3, 0.4) is 0 Å². The van der Waals surface area contributed by atoms with Crippen LogP contribution in [0.2, 0.25) is 0 Å². The first-order chi connectivity index (χ1) is 27.1. The van der Waals surface area contributed by atoms with Crippen molar-refractivity contribution in [1.82, 2.24) is 46.3 Å². The fourth-order valence-corrected chi connectivity index (χ4v) is 6.47. The van der Waals surface area contributed by atoms with Crippen molar-refractivity contribution in [2.45, 2.75) is 63.7 Å². The van der Waals surface area contributed by atoms with Gasteiger partial charge >= 0.3 is 12.2 Å². The predicted octanol–water partition coefficient (Wildman–Crippen LogP) is 5.83. The van der Waals surface area contributed by atoms with Gasteiger partial charge in [0.2, 0.25) is 11.7 Å². The molecule has 2 aromatic carbocycles. The Morgan fingerprint density at radius 2 is 1.70 bits per heavy atom. The number of hydrogen-bond donors (Lipinski definition) is 4. The number of halogens is 6. The van der Waals surface area contributed by atoms with Crippen LogP contribution in [0.25, 0.3) is 22.6 Å². The topological polar surface area (TPSA) is 184 Å². The van der Waals surface area contributed by atoms with Crippen LogP contribution in [-0.4, -0.2) is 67.4 Å². The van der Waals surface area contributed by atoms with Crippen LogP contribution < -0.4 is 20.9 Å². The van der Waals surface area contributed by atoms with Crippen LogP contribution >= 0.6 is 0 Å². The molecule has 5 aromatic rings. The Bertz CT molecular complexity index is 2300. The molecule has 0 atom stereocenters. The van der Waals surface area contributed by atoms with Crippen molar-refractivity contribution in [2.75, 3.05) is 18.0 Å². The van der Waals surface area contributed by atoms with Gasteiger partial charge < -0.3 is 15.2 Å². The van der Waals surface area contributed by atoms with Gasteiger partial charge in [0, 0.05) is 49.1 Å². The number of hydrogen-bond acceptors (Lipinski definition) is 10. The van der Waals surface area contributed by atoms with Gasteiger partial charge in [-0.1, -0.05) is 17.3 Å². The fourth-order valence-electron chi connectivity index (χ4n) is 6.47. The highest BCUT2D eigenvalue weighted by molar-refractivity contribution is 6.05. The molecule has 2 fully saturated rings. The average molecular weight is 797 g/mol. The number of carbonyl (C=O) groups excluding carboxylic acids is 3. The molecular weight excluding hydrogens is 762 g/mol. The molecule has 0 spiro atoms. The molecule has 4 amide bonds. The predicted molar refractivity (Wildman–Crippen MR) is 189 cm³/mol. The lowest BCUT2D eigenvalue weighted by Gasteiger charge is -2.36. The number of aromatic amines is 1. The van der Waals surface area contributed by atoms with E-state index in [1.165, 1.54) is 36.7 Å². The minimum atomic E-state index is -4.58. The number of H-pyrrole nitrogens is 1. The molecule has 0 radical (unpaired) electrons. The number of imide groups is 1. The van der Waals surface area contributed by atoms with Crippen LogP contribution in [0.1, 0.15) is 72.4 Å². The van der Waals surface area contributed by atoms with E-state index >= 15 is 4.39 Å². The maximum atomic E-state index is 15.2. The van der Waals surface area contributed by atoms with E-state index in [0.29, 0.717) is 42.6 Å². The van der Waals surface area contributed by atoms with Crippen molar-refractivity contribution in [1.29, 1.82) is 0 Å². The highest BCUT2D eigenvalue weighted by Gasteiger charge is 2.51. The number of alkyl halides is 3. The first-order valence-corrected chi connectivity index (χ1v) is 17.7. The van der Waals surface area contributed by atoms with Gasteiger partial charge in [0.15, 0.2) is 17.3 Å². The molecule has 1 aliphatic carbocycles. The van der Waals surface area contributed by atoms with E-state index in [9.17, 15) is 36.3 Å². The van der Waals surface area contributed by atoms with Gasteiger partial charge in [-0.15, -0.1) is 0 Å². The second-order valence-corrected chi connectivity index (χ2v) is 14.4. The zero-order valence-corrected chi connectivity index (χ0v) is 30.3. The number of aromatic nitrogens is 6. The number of carbonyl (C=O) groups is 3. The Morgan fingerprint density at radius 1 is 0.982 bits per heavy atom. The second kappa shape index (κ2) is 15.4.